The first-order valence-corrected chi connectivity index (χ1v) is 10.2. The smallest absolute Gasteiger partial charge is 0.211 e. The van der Waals surface area contributed by atoms with Gasteiger partial charge >= 0.3 is 0 Å². The van der Waals surface area contributed by atoms with Crippen LogP contribution in [0.4, 0.5) is 0 Å². The van der Waals surface area contributed by atoms with E-state index in [4.69, 9.17) is 4.98 Å². The van der Waals surface area contributed by atoms with Crippen molar-refractivity contribution in [3.8, 4) is 11.4 Å². The Morgan fingerprint density at radius 3 is 2.50 bits per heavy atom. The number of piperidine rings is 1. The van der Waals surface area contributed by atoms with Crippen molar-refractivity contribution in [2.45, 2.75) is 38.6 Å². The molecule has 0 unspecified atom stereocenters. The predicted molar refractivity (Wildman–Crippen MR) is 94.2 cm³/mol. The molecule has 0 aliphatic carbocycles. The minimum absolute atomic E-state index is 0.276. The van der Waals surface area contributed by atoms with E-state index in [2.05, 4.69) is 18.9 Å². The normalized spacial score (nSPS) is 17.5. The predicted octanol–water partition coefficient (Wildman–Crippen LogP) is 2.67. The van der Waals surface area contributed by atoms with Crippen LogP contribution in [0.1, 0.15) is 44.3 Å². The van der Waals surface area contributed by atoms with Crippen LogP contribution < -0.4 is 0 Å². The summed E-state index contributed by atoms with van der Waals surface area (Å²) in [5.74, 6) is 0.304. The molecule has 130 valence electrons. The maximum atomic E-state index is 11.6. The molecule has 3 rings (SSSR count). The van der Waals surface area contributed by atoms with Crippen LogP contribution in [0.15, 0.2) is 30.5 Å². The average Bonchev–Trinajstić information content (AvgIpc) is 3.04. The summed E-state index contributed by atoms with van der Waals surface area (Å²) in [7, 11) is -3.09. The SMILES string of the molecule is CC(C)n1nccc1-c1cccc(C2CCN(S(C)(=O)=O)CC2)n1. The van der Waals surface area contributed by atoms with Crippen molar-refractivity contribution in [3.05, 3.63) is 36.2 Å². The minimum atomic E-state index is -3.09. The van der Waals surface area contributed by atoms with Gasteiger partial charge in [0.2, 0.25) is 10.0 Å². The molecule has 6 nitrogen and oxygen atoms in total. The van der Waals surface area contributed by atoms with Gasteiger partial charge in [0.15, 0.2) is 0 Å². The Labute approximate surface area is 143 Å². The minimum Gasteiger partial charge on any atom is -0.261 e. The lowest BCUT2D eigenvalue weighted by molar-refractivity contribution is 0.318. The highest BCUT2D eigenvalue weighted by Crippen LogP contribution is 2.29. The molecule has 0 aromatic carbocycles. The van der Waals surface area contributed by atoms with E-state index >= 15 is 0 Å². The van der Waals surface area contributed by atoms with Gasteiger partial charge in [0.05, 0.1) is 17.6 Å². The van der Waals surface area contributed by atoms with Gasteiger partial charge in [-0.1, -0.05) is 6.07 Å². The molecule has 0 amide bonds. The fourth-order valence-corrected chi connectivity index (χ4v) is 4.11. The number of hydrogen-bond donors (Lipinski definition) is 0. The van der Waals surface area contributed by atoms with Gasteiger partial charge < -0.3 is 0 Å². The average molecular weight is 348 g/mol. The zero-order valence-electron chi connectivity index (χ0n) is 14.4. The highest BCUT2D eigenvalue weighted by Gasteiger charge is 2.26. The molecule has 3 heterocycles. The largest absolute Gasteiger partial charge is 0.261 e. The van der Waals surface area contributed by atoms with Gasteiger partial charge in [0, 0.05) is 36.9 Å². The van der Waals surface area contributed by atoms with Crippen molar-refractivity contribution in [2.75, 3.05) is 19.3 Å². The summed E-state index contributed by atoms with van der Waals surface area (Å²) in [4.78, 5) is 4.84. The molecular weight excluding hydrogens is 324 g/mol. The van der Waals surface area contributed by atoms with Gasteiger partial charge in [0.1, 0.15) is 0 Å². The molecule has 0 saturated carbocycles. The van der Waals surface area contributed by atoms with E-state index in [1.54, 1.807) is 10.5 Å². The van der Waals surface area contributed by atoms with Crippen LogP contribution >= 0.6 is 0 Å². The Morgan fingerprint density at radius 2 is 1.88 bits per heavy atom. The highest BCUT2D eigenvalue weighted by atomic mass is 32.2. The fraction of sp³-hybridized carbons (Fsp3) is 0.529. The van der Waals surface area contributed by atoms with Crippen LogP contribution in [0.2, 0.25) is 0 Å². The lowest BCUT2D eigenvalue weighted by Gasteiger charge is -2.30. The van der Waals surface area contributed by atoms with Gasteiger partial charge in [-0.05, 0) is 44.9 Å². The lowest BCUT2D eigenvalue weighted by atomic mass is 9.94. The fourth-order valence-electron chi connectivity index (χ4n) is 3.23. The zero-order chi connectivity index (χ0) is 17.3. The van der Waals surface area contributed by atoms with E-state index in [0.29, 0.717) is 19.0 Å². The summed E-state index contributed by atoms with van der Waals surface area (Å²) in [6.07, 6.45) is 4.70. The van der Waals surface area contributed by atoms with Gasteiger partial charge in [0.25, 0.3) is 0 Å². The summed E-state index contributed by atoms with van der Waals surface area (Å²) >= 11 is 0. The second-order valence-corrected chi connectivity index (χ2v) is 8.62. The molecule has 0 radical (unpaired) electrons. The molecule has 1 saturated heterocycles. The molecule has 0 bridgehead atoms. The van der Waals surface area contributed by atoms with Crippen LogP contribution in [0.5, 0.6) is 0 Å². The lowest BCUT2D eigenvalue weighted by Crippen LogP contribution is -2.37. The molecule has 24 heavy (non-hydrogen) atoms. The van der Waals surface area contributed by atoms with E-state index < -0.39 is 10.0 Å². The molecule has 7 heteroatoms. The van der Waals surface area contributed by atoms with Crippen molar-refractivity contribution in [1.29, 1.82) is 0 Å². The third-order valence-electron chi connectivity index (χ3n) is 4.53. The Bertz CT molecular complexity index is 806. The molecular formula is C17H24N4O2S. The second-order valence-electron chi connectivity index (χ2n) is 6.64. The summed E-state index contributed by atoms with van der Waals surface area (Å²) in [6.45, 7) is 5.33. The molecule has 0 spiro atoms. The van der Waals surface area contributed by atoms with Crippen LogP contribution in [-0.4, -0.2) is 46.8 Å². The van der Waals surface area contributed by atoms with Crippen molar-refractivity contribution < 1.29 is 8.42 Å². The molecule has 0 atom stereocenters. The molecule has 2 aromatic heterocycles. The third kappa shape index (κ3) is 3.52. The summed E-state index contributed by atoms with van der Waals surface area (Å²) in [5.41, 5.74) is 2.97. The van der Waals surface area contributed by atoms with E-state index in [-0.39, 0.29) is 6.04 Å². The molecule has 0 N–H and O–H groups in total. The Kier molecular flexibility index (Phi) is 4.73. The van der Waals surface area contributed by atoms with Crippen molar-refractivity contribution >= 4 is 10.0 Å². The van der Waals surface area contributed by atoms with Crippen molar-refractivity contribution in [2.24, 2.45) is 0 Å². The molecule has 1 aliphatic heterocycles. The number of rotatable bonds is 4. The third-order valence-corrected chi connectivity index (χ3v) is 5.84. The van der Waals surface area contributed by atoms with E-state index in [0.717, 1.165) is 29.9 Å². The number of sulfonamides is 1. The number of pyridine rings is 1. The summed E-state index contributed by atoms with van der Waals surface area (Å²) in [5, 5.41) is 4.37. The van der Waals surface area contributed by atoms with Gasteiger partial charge in [-0.15, -0.1) is 0 Å². The molecule has 1 aliphatic rings. The first-order chi connectivity index (χ1) is 11.4. The van der Waals surface area contributed by atoms with Crippen LogP contribution in [-0.2, 0) is 10.0 Å². The van der Waals surface area contributed by atoms with Crippen molar-refractivity contribution in [1.82, 2.24) is 19.1 Å². The van der Waals surface area contributed by atoms with Crippen LogP contribution in [0.3, 0.4) is 0 Å². The summed E-state index contributed by atoms with van der Waals surface area (Å²) < 4.78 is 26.8. The second kappa shape index (κ2) is 6.64. The van der Waals surface area contributed by atoms with Crippen molar-refractivity contribution in [3.63, 3.8) is 0 Å². The Balaban J connectivity index is 1.81. The standard InChI is InChI=1S/C17H24N4O2S/c1-13(2)21-17(7-10-18-21)16-6-4-5-15(19-16)14-8-11-20(12-9-14)24(3,22)23/h4-7,10,13-14H,8-9,11-12H2,1-3H3. The Morgan fingerprint density at radius 1 is 1.17 bits per heavy atom. The van der Waals surface area contributed by atoms with Crippen LogP contribution in [0, 0.1) is 0 Å². The van der Waals surface area contributed by atoms with Gasteiger partial charge in [-0.25, -0.2) is 12.7 Å². The Hall–Kier alpha value is -1.73. The number of aromatic nitrogens is 3. The topological polar surface area (TPSA) is 68.1 Å². The van der Waals surface area contributed by atoms with Gasteiger partial charge in [-0.3, -0.25) is 9.67 Å². The molecule has 1 fully saturated rings. The monoisotopic (exact) mass is 348 g/mol. The summed E-state index contributed by atoms with van der Waals surface area (Å²) in [6, 6.07) is 8.33. The highest BCUT2D eigenvalue weighted by molar-refractivity contribution is 7.88. The maximum absolute atomic E-state index is 11.6. The van der Waals surface area contributed by atoms with Crippen LogP contribution in [0.25, 0.3) is 11.4 Å². The van der Waals surface area contributed by atoms with E-state index in [1.165, 1.54) is 6.26 Å². The quantitative estimate of drug-likeness (QED) is 0.852. The number of nitrogens with zero attached hydrogens (tertiary/aromatic N) is 4. The zero-order valence-corrected chi connectivity index (χ0v) is 15.2. The molecule has 2 aromatic rings. The maximum Gasteiger partial charge on any atom is 0.211 e. The first kappa shape index (κ1) is 17.1. The number of hydrogen-bond acceptors (Lipinski definition) is 4. The van der Waals surface area contributed by atoms with Gasteiger partial charge in [-0.2, -0.15) is 5.10 Å². The first-order valence-electron chi connectivity index (χ1n) is 8.32. The van der Waals surface area contributed by atoms with E-state index in [1.807, 2.05) is 28.9 Å². The van der Waals surface area contributed by atoms with E-state index in [9.17, 15) is 8.42 Å².